The Morgan fingerprint density at radius 3 is 2.13 bits per heavy atom. The lowest BCUT2D eigenvalue weighted by molar-refractivity contribution is 0.691. The minimum atomic E-state index is 0.245. The molecule has 2 nitrogen and oxygen atoms in total. The Hall–Kier alpha value is -1.67. The molecule has 2 heteroatoms. The average molecular weight is 198 g/mol. The fourth-order valence-corrected chi connectivity index (χ4v) is 1.73. The number of hydrogen-bond donors (Lipinski definition) is 1. The minimum absolute atomic E-state index is 0.245. The van der Waals surface area contributed by atoms with Crippen molar-refractivity contribution in [2.75, 3.05) is 7.05 Å². The Labute approximate surface area is 90.0 Å². The van der Waals surface area contributed by atoms with E-state index in [4.69, 9.17) is 0 Å². The third-order valence-corrected chi connectivity index (χ3v) is 2.46. The number of nitrogens with zero attached hydrogens (tertiary/aromatic N) is 1. The molecule has 0 aliphatic carbocycles. The predicted molar refractivity (Wildman–Crippen MR) is 61.6 cm³/mol. The van der Waals surface area contributed by atoms with Gasteiger partial charge >= 0.3 is 0 Å². The SMILES string of the molecule is CNC(c1ccccc1)c1ccncc1. The van der Waals surface area contributed by atoms with Gasteiger partial charge in [0, 0.05) is 12.4 Å². The van der Waals surface area contributed by atoms with Crippen molar-refractivity contribution in [1.82, 2.24) is 10.3 Å². The third kappa shape index (κ3) is 2.22. The summed E-state index contributed by atoms with van der Waals surface area (Å²) in [4.78, 5) is 4.03. The first-order valence-corrected chi connectivity index (χ1v) is 5.04. The van der Waals surface area contributed by atoms with E-state index < -0.39 is 0 Å². The van der Waals surface area contributed by atoms with Crippen molar-refractivity contribution in [3.63, 3.8) is 0 Å². The van der Waals surface area contributed by atoms with Crippen LogP contribution in [-0.4, -0.2) is 12.0 Å². The van der Waals surface area contributed by atoms with Crippen molar-refractivity contribution >= 4 is 0 Å². The van der Waals surface area contributed by atoms with Crippen molar-refractivity contribution < 1.29 is 0 Å². The van der Waals surface area contributed by atoms with Crippen molar-refractivity contribution in [3.8, 4) is 0 Å². The molecule has 1 aromatic heterocycles. The number of rotatable bonds is 3. The Kier molecular flexibility index (Phi) is 3.10. The molecular formula is C13H14N2. The fraction of sp³-hybridized carbons (Fsp3) is 0.154. The zero-order chi connectivity index (χ0) is 10.5. The molecule has 0 bridgehead atoms. The molecule has 1 unspecified atom stereocenters. The predicted octanol–water partition coefficient (Wildman–Crippen LogP) is 2.39. The van der Waals surface area contributed by atoms with Crippen LogP contribution in [0.4, 0.5) is 0 Å². The van der Waals surface area contributed by atoms with E-state index in [1.807, 2.05) is 37.6 Å². The van der Waals surface area contributed by atoms with Crippen LogP contribution in [0, 0.1) is 0 Å². The zero-order valence-electron chi connectivity index (χ0n) is 8.72. The van der Waals surface area contributed by atoms with Crippen molar-refractivity contribution in [3.05, 3.63) is 66.0 Å². The highest BCUT2D eigenvalue weighted by Gasteiger charge is 2.09. The van der Waals surface area contributed by atoms with E-state index in [-0.39, 0.29) is 6.04 Å². The number of aromatic nitrogens is 1. The van der Waals surface area contributed by atoms with Gasteiger partial charge in [0.05, 0.1) is 6.04 Å². The van der Waals surface area contributed by atoms with Gasteiger partial charge in [0.1, 0.15) is 0 Å². The summed E-state index contributed by atoms with van der Waals surface area (Å²) in [5.74, 6) is 0. The molecule has 0 amide bonds. The van der Waals surface area contributed by atoms with Gasteiger partial charge in [0.15, 0.2) is 0 Å². The van der Waals surface area contributed by atoms with E-state index in [0.717, 1.165) is 0 Å². The first-order valence-electron chi connectivity index (χ1n) is 5.04. The van der Waals surface area contributed by atoms with Crippen LogP contribution in [0.3, 0.4) is 0 Å². The molecule has 0 radical (unpaired) electrons. The number of pyridine rings is 1. The smallest absolute Gasteiger partial charge is 0.0575 e. The molecule has 1 atom stereocenters. The fourth-order valence-electron chi connectivity index (χ4n) is 1.73. The molecule has 1 aromatic carbocycles. The maximum Gasteiger partial charge on any atom is 0.0575 e. The second-order valence-electron chi connectivity index (χ2n) is 3.41. The molecule has 0 aliphatic rings. The first-order chi connectivity index (χ1) is 7.42. The van der Waals surface area contributed by atoms with Crippen LogP contribution in [0.15, 0.2) is 54.9 Å². The Bertz CT molecular complexity index is 358. The van der Waals surface area contributed by atoms with Gasteiger partial charge in [-0.15, -0.1) is 0 Å². The van der Waals surface area contributed by atoms with Crippen LogP contribution in [0.1, 0.15) is 17.2 Å². The van der Waals surface area contributed by atoms with Gasteiger partial charge in [-0.1, -0.05) is 30.3 Å². The van der Waals surface area contributed by atoms with Gasteiger partial charge in [0.2, 0.25) is 0 Å². The zero-order valence-corrected chi connectivity index (χ0v) is 8.72. The van der Waals surface area contributed by atoms with E-state index >= 15 is 0 Å². The Morgan fingerprint density at radius 2 is 1.53 bits per heavy atom. The van der Waals surface area contributed by atoms with E-state index in [0.29, 0.717) is 0 Å². The molecular weight excluding hydrogens is 184 g/mol. The maximum atomic E-state index is 4.03. The van der Waals surface area contributed by atoms with Gasteiger partial charge in [-0.3, -0.25) is 4.98 Å². The average Bonchev–Trinajstić information content (AvgIpc) is 2.33. The molecule has 2 rings (SSSR count). The second-order valence-corrected chi connectivity index (χ2v) is 3.41. The summed E-state index contributed by atoms with van der Waals surface area (Å²) in [6.45, 7) is 0. The van der Waals surface area contributed by atoms with Crippen molar-refractivity contribution in [2.24, 2.45) is 0 Å². The normalized spacial score (nSPS) is 12.3. The summed E-state index contributed by atoms with van der Waals surface area (Å²) in [5, 5.41) is 3.31. The van der Waals surface area contributed by atoms with Gasteiger partial charge in [-0.2, -0.15) is 0 Å². The van der Waals surface area contributed by atoms with E-state index in [2.05, 4.69) is 34.6 Å². The molecule has 0 saturated carbocycles. The van der Waals surface area contributed by atoms with Gasteiger partial charge in [-0.05, 0) is 30.3 Å². The minimum Gasteiger partial charge on any atom is -0.309 e. The molecule has 15 heavy (non-hydrogen) atoms. The van der Waals surface area contributed by atoms with Gasteiger partial charge in [-0.25, -0.2) is 0 Å². The van der Waals surface area contributed by atoms with Crippen LogP contribution in [0.25, 0.3) is 0 Å². The molecule has 0 spiro atoms. The van der Waals surface area contributed by atoms with Crippen LogP contribution < -0.4 is 5.32 Å². The number of hydrogen-bond acceptors (Lipinski definition) is 2. The van der Waals surface area contributed by atoms with Gasteiger partial charge in [0.25, 0.3) is 0 Å². The number of benzene rings is 1. The van der Waals surface area contributed by atoms with E-state index in [9.17, 15) is 0 Å². The van der Waals surface area contributed by atoms with Crippen molar-refractivity contribution in [2.45, 2.75) is 6.04 Å². The highest BCUT2D eigenvalue weighted by atomic mass is 14.9. The first kappa shape index (κ1) is 9.87. The third-order valence-electron chi connectivity index (χ3n) is 2.46. The molecule has 0 fully saturated rings. The summed E-state index contributed by atoms with van der Waals surface area (Å²) in [7, 11) is 1.97. The maximum absolute atomic E-state index is 4.03. The van der Waals surface area contributed by atoms with Crippen molar-refractivity contribution in [1.29, 1.82) is 0 Å². The van der Waals surface area contributed by atoms with E-state index in [1.165, 1.54) is 11.1 Å². The molecule has 0 saturated heterocycles. The standard InChI is InChI=1S/C13H14N2/c1-14-13(11-5-3-2-4-6-11)12-7-9-15-10-8-12/h2-10,13-14H,1H3. The summed E-state index contributed by atoms with van der Waals surface area (Å²) >= 11 is 0. The monoisotopic (exact) mass is 198 g/mol. The molecule has 1 heterocycles. The Morgan fingerprint density at radius 1 is 0.933 bits per heavy atom. The van der Waals surface area contributed by atoms with Crippen LogP contribution in [-0.2, 0) is 0 Å². The van der Waals surface area contributed by atoms with Crippen LogP contribution >= 0.6 is 0 Å². The molecule has 2 aromatic rings. The Balaban J connectivity index is 2.34. The molecule has 1 N–H and O–H groups in total. The van der Waals surface area contributed by atoms with Crippen LogP contribution in [0.2, 0.25) is 0 Å². The summed E-state index contributed by atoms with van der Waals surface area (Å²) in [6.07, 6.45) is 3.64. The van der Waals surface area contributed by atoms with E-state index in [1.54, 1.807) is 0 Å². The molecule has 76 valence electrons. The number of nitrogens with one attached hydrogen (secondary N) is 1. The second kappa shape index (κ2) is 4.71. The molecule has 0 aliphatic heterocycles. The lowest BCUT2D eigenvalue weighted by Gasteiger charge is -2.16. The largest absolute Gasteiger partial charge is 0.309 e. The highest BCUT2D eigenvalue weighted by molar-refractivity contribution is 5.30. The van der Waals surface area contributed by atoms with Gasteiger partial charge < -0.3 is 5.32 Å². The van der Waals surface area contributed by atoms with Crippen LogP contribution in [0.5, 0.6) is 0 Å². The lowest BCUT2D eigenvalue weighted by atomic mass is 10.0. The summed E-state index contributed by atoms with van der Waals surface area (Å²) in [5.41, 5.74) is 2.50. The summed E-state index contributed by atoms with van der Waals surface area (Å²) in [6, 6.07) is 14.7. The summed E-state index contributed by atoms with van der Waals surface area (Å²) < 4.78 is 0. The quantitative estimate of drug-likeness (QED) is 0.819. The lowest BCUT2D eigenvalue weighted by Crippen LogP contribution is -2.17. The highest BCUT2D eigenvalue weighted by Crippen LogP contribution is 2.20. The topological polar surface area (TPSA) is 24.9 Å².